The van der Waals surface area contributed by atoms with Crippen molar-refractivity contribution in [1.29, 1.82) is 10.5 Å². The molecule has 0 unspecified atom stereocenters. The zero-order chi connectivity index (χ0) is 14.4. The third-order valence-corrected chi connectivity index (χ3v) is 3.43. The zero-order valence-electron chi connectivity index (χ0n) is 11.2. The van der Waals surface area contributed by atoms with Crippen LogP contribution < -0.4 is 5.32 Å². The molecule has 0 aliphatic carbocycles. The summed E-state index contributed by atoms with van der Waals surface area (Å²) in [7, 11) is 0. The zero-order valence-corrected chi connectivity index (χ0v) is 11.2. The highest BCUT2D eigenvalue weighted by atomic mass is 16.2. The maximum absolute atomic E-state index is 12.1. The van der Waals surface area contributed by atoms with E-state index in [0.29, 0.717) is 16.8 Å². The molecule has 5 heteroatoms. The van der Waals surface area contributed by atoms with Crippen LogP contribution in [-0.4, -0.2) is 30.4 Å². The molecule has 0 spiro atoms. The lowest BCUT2D eigenvalue weighted by Crippen LogP contribution is -2.39. The van der Waals surface area contributed by atoms with Crippen LogP contribution in [0, 0.1) is 22.7 Å². The highest BCUT2D eigenvalue weighted by Crippen LogP contribution is 2.19. The second-order valence-electron chi connectivity index (χ2n) is 4.75. The fourth-order valence-corrected chi connectivity index (χ4v) is 2.35. The van der Waals surface area contributed by atoms with Gasteiger partial charge in [0.2, 0.25) is 5.91 Å². The molecule has 20 heavy (non-hydrogen) atoms. The second-order valence-corrected chi connectivity index (χ2v) is 4.75. The Labute approximate surface area is 118 Å². The Balaban J connectivity index is 2.05. The number of benzene rings is 1. The van der Waals surface area contributed by atoms with Crippen LogP contribution in [0.15, 0.2) is 18.2 Å². The van der Waals surface area contributed by atoms with E-state index in [9.17, 15) is 4.79 Å². The van der Waals surface area contributed by atoms with Gasteiger partial charge in [-0.25, -0.2) is 0 Å². The number of amides is 1. The number of hydrogen-bond acceptors (Lipinski definition) is 4. The summed E-state index contributed by atoms with van der Waals surface area (Å²) in [5.41, 5.74) is 1.22. The minimum absolute atomic E-state index is 0.0151. The SMILES string of the molecule is N#Cc1cccc(C#N)c1NCC(=O)N1CCCCC1. The monoisotopic (exact) mass is 268 g/mol. The third-order valence-electron chi connectivity index (χ3n) is 3.43. The van der Waals surface area contributed by atoms with E-state index >= 15 is 0 Å². The molecule has 1 aliphatic heterocycles. The van der Waals surface area contributed by atoms with Gasteiger partial charge in [0.15, 0.2) is 0 Å². The van der Waals surface area contributed by atoms with Crippen LogP contribution >= 0.6 is 0 Å². The van der Waals surface area contributed by atoms with Crippen molar-refractivity contribution >= 4 is 11.6 Å². The molecule has 1 heterocycles. The lowest BCUT2D eigenvalue weighted by atomic mass is 10.1. The van der Waals surface area contributed by atoms with Crippen molar-refractivity contribution in [3.8, 4) is 12.1 Å². The van der Waals surface area contributed by atoms with Gasteiger partial charge >= 0.3 is 0 Å². The number of likely N-dealkylation sites (tertiary alicyclic amines) is 1. The van der Waals surface area contributed by atoms with Crippen LogP contribution in [0.3, 0.4) is 0 Å². The maximum Gasteiger partial charge on any atom is 0.241 e. The highest BCUT2D eigenvalue weighted by molar-refractivity contribution is 5.82. The number of nitrogens with one attached hydrogen (secondary N) is 1. The minimum Gasteiger partial charge on any atom is -0.374 e. The Morgan fingerprint density at radius 2 is 1.75 bits per heavy atom. The molecule has 0 bridgehead atoms. The molecular weight excluding hydrogens is 252 g/mol. The molecule has 1 saturated heterocycles. The summed E-state index contributed by atoms with van der Waals surface area (Å²) in [5.74, 6) is 0.0151. The van der Waals surface area contributed by atoms with E-state index < -0.39 is 0 Å². The number of para-hydroxylation sites is 1. The molecule has 1 aliphatic rings. The van der Waals surface area contributed by atoms with E-state index in [0.717, 1.165) is 25.9 Å². The van der Waals surface area contributed by atoms with Crippen molar-refractivity contribution in [3.63, 3.8) is 0 Å². The first-order valence-electron chi connectivity index (χ1n) is 6.71. The first-order chi connectivity index (χ1) is 9.76. The molecule has 102 valence electrons. The Morgan fingerprint density at radius 3 is 2.30 bits per heavy atom. The van der Waals surface area contributed by atoms with Gasteiger partial charge in [-0.1, -0.05) is 6.07 Å². The van der Waals surface area contributed by atoms with Crippen molar-refractivity contribution < 1.29 is 4.79 Å². The summed E-state index contributed by atoms with van der Waals surface area (Å²) in [5, 5.41) is 21.1. The van der Waals surface area contributed by atoms with Crippen LogP contribution in [0.25, 0.3) is 0 Å². The number of hydrogen-bond donors (Lipinski definition) is 1. The van der Waals surface area contributed by atoms with E-state index in [-0.39, 0.29) is 12.5 Å². The third kappa shape index (κ3) is 3.07. The normalized spacial score (nSPS) is 14.2. The number of nitrogens with zero attached hydrogens (tertiary/aromatic N) is 3. The lowest BCUT2D eigenvalue weighted by molar-refractivity contribution is -0.130. The van der Waals surface area contributed by atoms with Gasteiger partial charge in [-0.15, -0.1) is 0 Å². The van der Waals surface area contributed by atoms with Crippen molar-refractivity contribution in [2.75, 3.05) is 25.0 Å². The van der Waals surface area contributed by atoms with Gasteiger partial charge < -0.3 is 10.2 Å². The summed E-state index contributed by atoms with van der Waals surface area (Å²) in [6.45, 7) is 1.71. The van der Waals surface area contributed by atoms with Crippen LogP contribution in [0.2, 0.25) is 0 Å². The van der Waals surface area contributed by atoms with E-state index in [1.165, 1.54) is 6.42 Å². The average molecular weight is 268 g/mol. The van der Waals surface area contributed by atoms with Crippen molar-refractivity contribution in [1.82, 2.24) is 4.90 Å². The first-order valence-corrected chi connectivity index (χ1v) is 6.71. The van der Waals surface area contributed by atoms with E-state index in [1.807, 2.05) is 17.0 Å². The fraction of sp³-hybridized carbons (Fsp3) is 0.400. The maximum atomic E-state index is 12.1. The molecule has 1 aromatic carbocycles. The van der Waals surface area contributed by atoms with Gasteiger partial charge in [0.05, 0.1) is 23.4 Å². The summed E-state index contributed by atoms with van der Waals surface area (Å²) in [6, 6.07) is 9.00. The predicted molar refractivity (Wildman–Crippen MR) is 74.8 cm³/mol. The molecule has 1 N–H and O–H groups in total. The smallest absolute Gasteiger partial charge is 0.241 e. The van der Waals surface area contributed by atoms with E-state index in [1.54, 1.807) is 18.2 Å². The first kappa shape index (κ1) is 13.9. The van der Waals surface area contributed by atoms with Gasteiger partial charge in [-0.3, -0.25) is 4.79 Å². The Morgan fingerprint density at radius 1 is 1.15 bits per heavy atom. The van der Waals surface area contributed by atoms with E-state index in [2.05, 4.69) is 5.32 Å². The number of piperidine rings is 1. The van der Waals surface area contributed by atoms with Gasteiger partial charge in [-0.2, -0.15) is 10.5 Å². The standard InChI is InChI=1S/C15H16N4O/c16-9-12-5-4-6-13(10-17)15(12)18-11-14(20)19-7-2-1-3-8-19/h4-6,18H,1-3,7-8,11H2. The average Bonchev–Trinajstić information content (AvgIpc) is 2.52. The van der Waals surface area contributed by atoms with Crippen LogP contribution in [0.5, 0.6) is 0 Å². The Bertz CT molecular complexity index is 544. The van der Waals surface area contributed by atoms with Crippen molar-refractivity contribution in [3.05, 3.63) is 29.3 Å². The summed E-state index contributed by atoms with van der Waals surface area (Å²) >= 11 is 0. The van der Waals surface area contributed by atoms with Gasteiger partial charge in [0.1, 0.15) is 12.1 Å². The van der Waals surface area contributed by atoms with Crippen LogP contribution in [-0.2, 0) is 4.79 Å². The number of rotatable bonds is 3. The van der Waals surface area contributed by atoms with Crippen molar-refractivity contribution in [2.24, 2.45) is 0 Å². The Hall–Kier alpha value is -2.53. The molecule has 2 rings (SSSR count). The predicted octanol–water partition coefficient (Wildman–Crippen LogP) is 1.85. The molecule has 1 amide bonds. The van der Waals surface area contributed by atoms with Crippen LogP contribution in [0.4, 0.5) is 5.69 Å². The number of carbonyl (C=O) groups excluding carboxylic acids is 1. The van der Waals surface area contributed by atoms with Gasteiger partial charge in [0, 0.05) is 13.1 Å². The quantitative estimate of drug-likeness (QED) is 0.907. The topological polar surface area (TPSA) is 79.9 Å². The number of nitriles is 2. The molecular formula is C15H16N4O. The summed E-state index contributed by atoms with van der Waals surface area (Å²) < 4.78 is 0. The number of carbonyl (C=O) groups is 1. The van der Waals surface area contributed by atoms with Gasteiger partial charge in [-0.05, 0) is 31.4 Å². The minimum atomic E-state index is 0.0151. The van der Waals surface area contributed by atoms with Crippen molar-refractivity contribution in [2.45, 2.75) is 19.3 Å². The molecule has 0 radical (unpaired) electrons. The summed E-state index contributed by atoms with van der Waals surface area (Å²) in [4.78, 5) is 13.9. The lowest BCUT2D eigenvalue weighted by Gasteiger charge is -2.27. The highest BCUT2D eigenvalue weighted by Gasteiger charge is 2.17. The largest absolute Gasteiger partial charge is 0.374 e. The van der Waals surface area contributed by atoms with Gasteiger partial charge in [0.25, 0.3) is 0 Å². The van der Waals surface area contributed by atoms with E-state index in [4.69, 9.17) is 10.5 Å². The summed E-state index contributed by atoms with van der Waals surface area (Å²) in [6.07, 6.45) is 3.26. The molecule has 0 aromatic heterocycles. The van der Waals surface area contributed by atoms with Crippen LogP contribution in [0.1, 0.15) is 30.4 Å². The molecule has 0 saturated carbocycles. The molecule has 0 atom stereocenters. The molecule has 1 fully saturated rings. The molecule has 1 aromatic rings. The Kier molecular flexibility index (Phi) is 4.57. The fourth-order valence-electron chi connectivity index (χ4n) is 2.35. The number of anilines is 1. The second kappa shape index (κ2) is 6.58. The molecule has 5 nitrogen and oxygen atoms in total.